The molecule has 1 saturated heterocycles. The predicted molar refractivity (Wildman–Crippen MR) is 110 cm³/mol. The summed E-state index contributed by atoms with van der Waals surface area (Å²) in [5.41, 5.74) is -0.0591. The summed E-state index contributed by atoms with van der Waals surface area (Å²) in [6, 6.07) is 2.73. The SMILES string of the molecule is COc1cnc(C(C)(C)C(=O)NCc2cc(F)c(C3CCC(=O)NC3=O)c(Cl)c2)cn1. The van der Waals surface area contributed by atoms with E-state index in [1.807, 2.05) is 0 Å². The van der Waals surface area contributed by atoms with Crippen LogP contribution in [-0.4, -0.2) is 34.8 Å². The lowest BCUT2D eigenvalue weighted by atomic mass is 9.88. The molecule has 0 saturated carbocycles. The van der Waals surface area contributed by atoms with Crippen molar-refractivity contribution in [3.05, 3.63) is 52.2 Å². The number of carbonyl (C=O) groups excluding carboxylic acids is 3. The molecule has 0 spiro atoms. The summed E-state index contributed by atoms with van der Waals surface area (Å²) in [6.07, 6.45) is 3.19. The van der Waals surface area contributed by atoms with E-state index >= 15 is 0 Å². The van der Waals surface area contributed by atoms with Gasteiger partial charge in [-0.3, -0.25) is 24.7 Å². The number of methoxy groups -OCH3 is 1. The second kappa shape index (κ2) is 8.97. The van der Waals surface area contributed by atoms with Crippen molar-refractivity contribution < 1.29 is 23.5 Å². The lowest BCUT2D eigenvalue weighted by Gasteiger charge is -2.24. The Labute approximate surface area is 183 Å². The van der Waals surface area contributed by atoms with Crippen LogP contribution in [-0.2, 0) is 26.3 Å². The molecular weight excluding hydrogens is 427 g/mol. The maximum Gasteiger partial charge on any atom is 0.234 e. The number of hydrogen-bond acceptors (Lipinski definition) is 6. The van der Waals surface area contributed by atoms with Gasteiger partial charge in [-0.25, -0.2) is 9.37 Å². The number of benzene rings is 1. The Morgan fingerprint density at radius 2 is 2.06 bits per heavy atom. The summed E-state index contributed by atoms with van der Waals surface area (Å²) < 4.78 is 19.7. The molecule has 3 amide bonds. The number of nitrogens with zero attached hydrogens (tertiary/aromatic N) is 2. The lowest BCUT2D eigenvalue weighted by molar-refractivity contribution is -0.134. The molecule has 10 heteroatoms. The van der Waals surface area contributed by atoms with Crippen LogP contribution in [0.15, 0.2) is 24.5 Å². The first-order valence-corrected chi connectivity index (χ1v) is 9.97. The highest BCUT2D eigenvalue weighted by Crippen LogP contribution is 2.33. The van der Waals surface area contributed by atoms with E-state index in [9.17, 15) is 18.8 Å². The fraction of sp³-hybridized carbons (Fsp3) is 0.381. The molecule has 0 bridgehead atoms. The van der Waals surface area contributed by atoms with Crippen molar-refractivity contribution in [2.45, 2.75) is 44.6 Å². The molecule has 8 nitrogen and oxygen atoms in total. The Bertz CT molecular complexity index is 1000. The molecular formula is C21H22ClFN4O4. The summed E-state index contributed by atoms with van der Waals surface area (Å²) in [5.74, 6) is -2.45. The van der Waals surface area contributed by atoms with Gasteiger partial charge < -0.3 is 10.1 Å². The molecule has 0 aliphatic carbocycles. The van der Waals surface area contributed by atoms with Crippen LogP contribution >= 0.6 is 11.6 Å². The topological polar surface area (TPSA) is 110 Å². The molecule has 1 aromatic carbocycles. The van der Waals surface area contributed by atoms with Gasteiger partial charge in [0, 0.05) is 23.6 Å². The Morgan fingerprint density at radius 1 is 1.32 bits per heavy atom. The van der Waals surface area contributed by atoms with Crippen molar-refractivity contribution in [1.29, 1.82) is 0 Å². The fourth-order valence-corrected chi connectivity index (χ4v) is 3.67. The number of hydrogen-bond donors (Lipinski definition) is 2. The molecule has 1 aromatic heterocycles. The van der Waals surface area contributed by atoms with E-state index in [-0.39, 0.29) is 41.8 Å². The second-order valence-electron chi connectivity index (χ2n) is 7.73. The largest absolute Gasteiger partial charge is 0.480 e. The average Bonchev–Trinajstić information content (AvgIpc) is 2.73. The molecule has 1 atom stereocenters. The van der Waals surface area contributed by atoms with Gasteiger partial charge in [-0.1, -0.05) is 11.6 Å². The van der Waals surface area contributed by atoms with Crippen molar-refractivity contribution >= 4 is 29.3 Å². The van der Waals surface area contributed by atoms with Gasteiger partial charge >= 0.3 is 0 Å². The predicted octanol–water partition coefficient (Wildman–Crippen LogP) is 2.39. The highest BCUT2D eigenvalue weighted by Gasteiger charge is 2.33. The van der Waals surface area contributed by atoms with E-state index in [1.165, 1.54) is 31.6 Å². The molecule has 2 N–H and O–H groups in total. The van der Waals surface area contributed by atoms with Gasteiger partial charge in [-0.2, -0.15) is 0 Å². The first kappa shape index (κ1) is 22.6. The van der Waals surface area contributed by atoms with Crippen molar-refractivity contribution in [3.8, 4) is 5.88 Å². The van der Waals surface area contributed by atoms with Gasteiger partial charge in [0.05, 0.1) is 36.5 Å². The third kappa shape index (κ3) is 4.82. The molecule has 31 heavy (non-hydrogen) atoms. The Kier molecular flexibility index (Phi) is 6.54. The minimum absolute atomic E-state index is 0.0259. The molecule has 1 fully saturated rings. The number of nitrogens with one attached hydrogen (secondary N) is 2. The highest BCUT2D eigenvalue weighted by atomic mass is 35.5. The van der Waals surface area contributed by atoms with Crippen LogP contribution in [0.2, 0.25) is 5.02 Å². The van der Waals surface area contributed by atoms with Crippen LogP contribution in [0.25, 0.3) is 0 Å². The third-order valence-corrected chi connectivity index (χ3v) is 5.54. The Hall–Kier alpha value is -3.07. The smallest absolute Gasteiger partial charge is 0.234 e. The van der Waals surface area contributed by atoms with E-state index in [1.54, 1.807) is 13.8 Å². The summed E-state index contributed by atoms with van der Waals surface area (Å²) in [6.45, 7) is 3.41. The van der Waals surface area contributed by atoms with E-state index in [4.69, 9.17) is 16.3 Å². The van der Waals surface area contributed by atoms with Gasteiger partial charge in [-0.15, -0.1) is 0 Å². The lowest BCUT2D eigenvalue weighted by Crippen LogP contribution is -2.40. The highest BCUT2D eigenvalue weighted by molar-refractivity contribution is 6.31. The molecule has 3 rings (SSSR count). The van der Waals surface area contributed by atoms with Crippen molar-refractivity contribution in [1.82, 2.24) is 20.6 Å². The molecule has 1 aliphatic rings. The molecule has 0 radical (unpaired) electrons. The van der Waals surface area contributed by atoms with E-state index in [2.05, 4.69) is 20.6 Å². The van der Waals surface area contributed by atoms with Crippen LogP contribution < -0.4 is 15.4 Å². The van der Waals surface area contributed by atoms with E-state index < -0.39 is 23.1 Å². The fourth-order valence-electron chi connectivity index (χ4n) is 3.30. The first-order chi connectivity index (χ1) is 14.6. The zero-order valence-electron chi connectivity index (χ0n) is 17.3. The number of ether oxygens (including phenoxy) is 1. The number of piperidine rings is 1. The minimum atomic E-state index is -0.992. The van der Waals surface area contributed by atoms with Crippen molar-refractivity contribution in [2.75, 3.05) is 7.11 Å². The van der Waals surface area contributed by atoms with Crippen molar-refractivity contribution in [3.63, 3.8) is 0 Å². The third-order valence-electron chi connectivity index (χ3n) is 5.22. The quantitative estimate of drug-likeness (QED) is 0.656. The number of imide groups is 1. The van der Waals surface area contributed by atoms with Crippen LogP contribution in [0.5, 0.6) is 5.88 Å². The Morgan fingerprint density at radius 3 is 2.65 bits per heavy atom. The Balaban J connectivity index is 1.72. The maximum atomic E-state index is 14.8. The second-order valence-corrected chi connectivity index (χ2v) is 8.14. The molecule has 2 heterocycles. The van der Waals surface area contributed by atoms with Crippen LogP contribution in [0, 0.1) is 5.82 Å². The van der Waals surface area contributed by atoms with Crippen LogP contribution in [0.3, 0.4) is 0 Å². The number of aromatic nitrogens is 2. The minimum Gasteiger partial charge on any atom is -0.480 e. The van der Waals surface area contributed by atoms with Crippen molar-refractivity contribution in [2.24, 2.45) is 0 Å². The van der Waals surface area contributed by atoms with Gasteiger partial charge in [0.15, 0.2) is 0 Å². The monoisotopic (exact) mass is 448 g/mol. The van der Waals surface area contributed by atoms with E-state index in [0.717, 1.165) is 0 Å². The zero-order valence-corrected chi connectivity index (χ0v) is 18.0. The standard InChI is InChI=1S/C21H22ClFN4O4/c1-21(2,15-9-25-17(31-3)10-24-15)20(30)26-8-11-6-13(22)18(14(23)7-11)12-4-5-16(28)27-19(12)29/h6-7,9-10,12H,4-5,8H2,1-3H3,(H,26,30)(H,27,28,29). The number of carbonyl (C=O) groups is 3. The average molecular weight is 449 g/mol. The zero-order chi connectivity index (χ0) is 22.8. The van der Waals surface area contributed by atoms with Gasteiger partial charge in [0.1, 0.15) is 5.82 Å². The number of rotatable bonds is 6. The molecule has 164 valence electrons. The normalized spacial score (nSPS) is 16.6. The van der Waals surface area contributed by atoms with Gasteiger partial charge in [0.25, 0.3) is 0 Å². The van der Waals surface area contributed by atoms with Gasteiger partial charge in [0.2, 0.25) is 23.6 Å². The number of halogens is 2. The molecule has 1 unspecified atom stereocenters. The first-order valence-electron chi connectivity index (χ1n) is 9.59. The summed E-state index contributed by atoms with van der Waals surface area (Å²) in [4.78, 5) is 44.4. The molecule has 1 aliphatic heterocycles. The molecule has 2 aromatic rings. The van der Waals surface area contributed by atoms with Crippen LogP contribution in [0.1, 0.15) is 49.4 Å². The summed E-state index contributed by atoms with van der Waals surface area (Å²) in [7, 11) is 1.47. The van der Waals surface area contributed by atoms with Crippen LogP contribution in [0.4, 0.5) is 4.39 Å². The number of amides is 3. The van der Waals surface area contributed by atoms with Gasteiger partial charge in [-0.05, 0) is 38.0 Å². The van der Waals surface area contributed by atoms with E-state index in [0.29, 0.717) is 17.1 Å². The maximum absolute atomic E-state index is 14.8. The summed E-state index contributed by atoms with van der Waals surface area (Å²) in [5, 5.41) is 5.01. The summed E-state index contributed by atoms with van der Waals surface area (Å²) >= 11 is 6.25.